The molecule has 1 N–H and O–H groups in total. The monoisotopic (exact) mass is 276 g/mol. The van der Waals surface area contributed by atoms with Crippen LogP contribution in [0.25, 0.3) is 0 Å². The minimum atomic E-state index is 0.370. The van der Waals surface area contributed by atoms with E-state index in [-0.39, 0.29) is 0 Å². The number of aromatic nitrogens is 2. The summed E-state index contributed by atoms with van der Waals surface area (Å²) in [6, 6.07) is 0. The number of anilines is 2. The zero-order valence-electron chi connectivity index (χ0n) is 13.7. The van der Waals surface area contributed by atoms with Crippen molar-refractivity contribution in [2.45, 2.75) is 47.5 Å². The zero-order valence-corrected chi connectivity index (χ0v) is 13.7. The van der Waals surface area contributed by atoms with Crippen molar-refractivity contribution in [3.8, 4) is 0 Å². The molecule has 1 fully saturated rings. The molecule has 0 spiro atoms. The molecule has 0 bridgehead atoms. The average Bonchev–Trinajstić information content (AvgIpc) is 2.88. The Kier molecular flexibility index (Phi) is 4.21. The van der Waals surface area contributed by atoms with Crippen molar-refractivity contribution < 1.29 is 0 Å². The molecular weight excluding hydrogens is 248 g/mol. The van der Waals surface area contributed by atoms with E-state index in [2.05, 4.69) is 49.8 Å². The number of nitrogens with zero attached hydrogens (tertiary/aromatic N) is 3. The topological polar surface area (TPSA) is 41.1 Å². The van der Waals surface area contributed by atoms with Crippen molar-refractivity contribution in [3.63, 3.8) is 0 Å². The average molecular weight is 276 g/mol. The summed E-state index contributed by atoms with van der Waals surface area (Å²) in [6.07, 6.45) is 2.13. The van der Waals surface area contributed by atoms with Gasteiger partial charge in [-0.05, 0) is 24.7 Å². The highest BCUT2D eigenvalue weighted by Gasteiger charge is 2.33. The van der Waals surface area contributed by atoms with Gasteiger partial charge in [-0.2, -0.15) is 0 Å². The van der Waals surface area contributed by atoms with Crippen LogP contribution in [0.2, 0.25) is 0 Å². The zero-order chi connectivity index (χ0) is 14.9. The van der Waals surface area contributed by atoms with Crippen LogP contribution in [0.15, 0.2) is 0 Å². The van der Waals surface area contributed by atoms with Gasteiger partial charge in [0.1, 0.15) is 17.5 Å². The molecular formula is C16H28N4. The predicted molar refractivity (Wildman–Crippen MR) is 85.5 cm³/mol. The molecule has 4 nitrogen and oxygen atoms in total. The fourth-order valence-corrected chi connectivity index (χ4v) is 2.92. The van der Waals surface area contributed by atoms with E-state index in [9.17, 15) is 0 Å². The van der Waals surface area contributed by atoms with Crippen LogP contribution in [0.3, 0.4) is 0 Å². The van der Waals surface area contributed by atoms with Crippen LogP contribution in [0.5, 0.6) is 0 Å². The third-order valence-electron chi connectivity index (χ3n) is 4.43. The molecule has 0 aromatic carbocycles. The Hall–Kier alpha value is -1.32. The first-order valence-electron chi connectivity index (χ1n) is 7.67. The Labute approximate surface area is 123 Å². The van der Waals surface area contributed by atoms with Gasteiger partial charge in [0.25, 0.3) is 0 Å². The molecule has 1 aromatic rings. The van der Waals surface area contributed by atoms with Crippen molar-refractivity contribution in [2.24, 2.45) is 11.3 Å². The highest BCUT2D eigenvalue weighted by molar-refractivity contribution is 5.59. The Morgan fingerprint density at radius 3 is 2.50 bits per heavy atom. The van der Waals surface area contributed by atoms with Gasteiger partial charge in [-0.1, -0.05) is 27.7 Å². The van der Waals surface area contributed by atoms with Crippen LogP contribution in [0.4, 0.5) is 11.6 Å². The number of aryl methyl sites for hydroxylation is 1. The first-order valence-corrected chi connectivity index (χ1v) is 7.67. The van der Waals surface area contributed by atoms with Crippen LogP contribution >= 0.6 is 0 Å². The molecule has 1 aromatic heterocycles. The smallest absolute Gasteiger partial charge is 0.137 e. The van der Waals surface area contributed by atoms with Gasteiger partial charge in [-0.3, -0.25) is 0 Å². The van der Waals surface area contributed by atoms with E-state index in [0.717, 1.165) is 42.9 Å². The van der Waals surface area contributed by atoms with E-state index >= 15 is 0 Å². The van der Waals surface area contributed by atoms with Gasteiger partial charge in [0, 0.05) is 32.1 Å². The number of hydrogen-bond donors (Lipinski definition) is 1. The van der Waals surface area contributed by atoms with E-state index in [0.29, 0.717) is 5.41 Å². The molecule has 4 heteroatoms. The van der Waals surface area contributed by atoms with Gasteiger partial charge in [0.2, 0.25) is 0 Å². The Balaban J connectivity index is 2.29. The van der Waals surface area contributed by atoms with Gasteiger partial charge in [0.15, 0.2) is 0 Å². The maximum atomic E-state index is 4.77. The Bertz CT molecular complexity index is 476. The first kappa shape index (κ1) is 15.1. The summed E-state index contributed by atoms with van der Waals surface area (Å²) in [4.78, 5) is 11.8. The van der Waals surface area contributed by atoms with Crippen molar-refractivity contribution in [2.75, 3.05) is 30.4 Å². The number of rotatable bonds is 3. The van der Waals surface area contributed by atoms with Crippen LogP contribution in [0, 0.1) is 18.3 Å². The van der Waals surface area contributed by atoms with Crippen LogP contribution < -0.4 is 10.2 Å². The second-order valence-electron chi connectivity index (χ2n) is 6.84. The second-order valence-corrected chi connectivity index (χ2v) is 6.84. The lowest BCUT2D eigenvalue weighted by Gasteiger charge is -2.28. The fraction of sp³-hybridized carbons (Fsp3) is 0.750. The summed E-state index contributed by atoms with van der Waals surface area (Å²) in [5, 5.41) is 3.20. The maximum Gasteiger partial charge on any atom is 0.137 e. The lowest BCUT2D eigenvalue weighted by Crippen LogP contribution is -2.27. The molecule has 0 radical (unpaired) electrons. The fourth-order valence-electron chi connectivity index (χ4n) is 2.92. The summed E-state index contributed by atoms with van der Waals surface area (Å²) in [5.74, 6) is 3.74. The van der Waals surface area contributed by atoms with Gasteiger partial charge in [0.05, 0.1) is 0 Å². The van der Waals surface area contributed by atoms with E-state index in [4.69, 9.17) is 4.98 Å². The Morgan fingerprint density at radius 2 is 2.00 bits per heavy atom. The summed E-state index contributed by atoms with van der Waals surface area (Å²) in [6.45, 7) is 13.4. The van der Waals surface area contributed by atoms with Crippen LogP contribution in [-0.4, -0.2) is 30.1 Å². The van der Waals surface area contributed by atoms with Crippen molar-refractivity contribution in [1.82, 2.24) is 9.97 Å². The summed E-state index contributed by atoms with van der Waals surface area (Å²) in [5.41, 5.74) is 1.54. The van der Waals surface area contributed by atoms with E-state index in [1.165, 1.54) is 12.0 Å². The molecule has 1 atom stereocenters. The molecule has 0 amide bonds. The van der Waals surface area contributed by atoms with Crippen molar-refractivity contribution in [1.29, 1.82) is 0 Å². The summed E-state index contributed by atoms with van der Waals surface area (Å²) in [7, 11) is 1.93. The molecule has 1 saturated heterocycles. The molecule has 20 heavy (non-hydrogen) atoms. The SMILES string of the molecule is CCc1nc(NC)c(C)c(N2CCC(C(C)(C)C)C2)n1. The highest BCUT2D eigenvalue weighted by Crippen LogP contribution is 2.36. The molecule has 1 aliphatic heterocycles. The third-order valence-corrected chi connectivity index (χ3v) is 4.43. The molecule has 1 unspecified atom stereocenters. The lowest BCUT2D eigenvalue weighted by molar-refractivity contribution is 0.263. The standard InChI is InChI=1S/C16H28N4/c1-7-13-18-14(17-6)11(2)15(19-13)20-9-8-12(10-20)16(3,4)5/h12H,7-10H2,1-6H3,(H,17,18,19). The quantitative estimate of drug-likeness (QED) is 0.920. The van der Waals surface area contributed by atoms with Gasteiger partial charge in [-0.15, -0.1) is 0 Å². The highest BCUT2D eigenvalue weighted by atomic mass is 15.2. The van der Waals surface area contributed by atoms with Crippen LogP contribution in [0.1, 0.15) is 45.5 Å². The summed E-state index contributed by atoms with van der Waals surface area (Å²) >= 11 is 0. The number of hydrogen-bond acceptors (Lipinski definition) is 4. The normalized spacial score (nSPS) is 19.5. The molecule has 112 valence electrons. The first-order chi connectivity index (χ1) is 9.36. The largest absolute Gasteiger partial charge is 0.373 e. The van der Waals surface area contributed by atoms with E-state index in [1.54, 1.807) is 0 Å². The van der Waals surface area contributed by atoms with E-state index < -0.39 is 0 Å². The van der Waals surface area contributed by atoms with Crippen molar-refractivity contribution in [3.05, 3.63) is 11.4 Å². The lowest BCUT2D eigenvalue weighted by atomic mass is 9.80. The maximum absolute atomic E-state index is 4.77. The molecule has 1 aliphatic rings. The van der Waals surface area contributed by atoms with Gasteiger partial charge >= 0.3 is 0 Å². The molecule has 2 heterocycles. The molecule has 2 rings (SSSR count). The third kappa shape index (κ3) is 2.89. The summed E-state index contributed by atoms with van der Waals surface area (Å²) < 4.78 is 0. The Morgan fingerprint density at radius 1 is 1.30 bits per heavy atom. The minimum Gasteiger partial charge on any atom is -0.373 e. The second kappa shape index (κ2) is 5.58. The predicted octanol–water partition coefficient (Wildman–Crippen LogP) is 3.26. The van der Waals surface area contributed by atoms with Gasteiger partial charge in [-0.25, -0.2) is 9.97 Å². The minimum absolute atomic E-state index is 0.370. The molecule has 0 saturated carbocycles. The van der Waals surface area contributed by atoms with Crippen molar-refractivity contribution >= 4 is 11.6 Å². The molecule has 0 aliphatic carbocycles. The number of nitrogens with one attached hydrogen (secondary N) is 1. The van der Waals surface area contributed by atoms with E-state index in [1.807, 2.05) is 7.05 Å². The van der Waals surface area contributed by atoms with Crippen LogP contribution in [-0.2, 0) is 6.42 Å². The van der Waals surface area contributed by atoms with Gasteiger partial charge < -0.3 is 10.2 Å².